The molecule has 0 aromatic carbocycles. The molecule has 0 saturated heterocycles. The molecule has 0 radical (unpaired) electrons. The fourth-order valence-corrected chi connectivity index (χ4v) is 0.573. The number of hydrogen-bond donors (Lipinski definition) is 1. The third-order valence-electron chi connectivity index (χ3n) is 0.579. The van der Waals surface area contributed by atoms with Crippen molar-refractivity contribution in [3.05, 3.63) is 24.7 Å². The van der Waals surface area contributed by atoms with Crippen LogP contribution in [0.4, 0.5) is 0 Å². The van der Waals surface area contributed by atoms with Crippen LogP contribution < -0.4 is 0 Å². The van der Waals surface area contributed by atoms with Gasteiger partial charge in [0.2, 0.25) is 0 Å². The van der Waals surface area contributed by atoms with Gasteiger partial charge in [-0.2, -0.15) is 0 Å². The predicted octanol–water partition coefficient (Wildman–Crippen LogP) is 1.87. The highest BCUT2D eigenvalue weighted by molar-refractivity contribution is 7.56. The Morgan fingerprint density at radius 2 is 2.33 bits per heavy atom. The van der Waals surface area contributed by atoms with Gasteiger partial charge in [-0.15, -0.1) is 0 Å². The molecule has 0 amide bonds. The minimum atomic E-state index is -3.51. The number of hydrogen-bond acceptors (Lipinski definition) is 2. The van der Waals surface area contributed by atoms with Crippen LogP contribution in [0.25, 0.3) is 0 Å². The Morgan fingerprint density at radius 1 is 1.78 bits per heavy atom. The van der Waals surface area contributed by atoms with E-state index in [9.17, 15) is 4.57 Å². The summed E-state index contributed by atoms with van der Waals surface area (Å²) in [6.45, 7) is 4.80. The highest BCUT2D eigenvalue weighted by atomic mass is 31.2. The van der Waals surface area contributed by atoms with E-state index in [-0.39, 0.29) is 0 Å². The lowest BCUT2D eigenvalue weighted by atomic mass is 10.8. The van der Waals surface area contributed by atoms with E-state index in [1.807, 2.05) is 0 Å². The largest absolute Gasteiger partial charge is 0.430 e. The SMILES string of the molecule is C=CP(=O)(O)OC=CC. The van der Waals surface area contributed by atoms with Crippen LogP contribution in [0, 0.1) is 0 Å². The average molecular weight is 148 g/mol. The molecule has 0 aliphatic carbocycles. The van der Waals surface area contributed by atoms with Gasteiger partial charge in [0, 0.05) is 5.82 Å². The second-order valence-corrected chi connectivity index (χ2v) is 3.03. The van der Waals surface area contributed by atoms with Crippen molar-refractivity contribution in [2.45, 2.75) is 6.92 Å². The molecule has 0 aliphatic rings. The van der Waals surface area contributed by atoms with E-state index in [2.05, 4.69) is 11.1 Å². The van der Waals surface area contributed by atoms with Crippen LogP contribution >= 0.6 is 7.60 Å². The summed E-state index contributed by atoms with van der Waals surface area (Å²) in [4.78, 5) is 8.62. The highest BCUT2D eigenvalue weighted by Gasteiger charge is 2.10. The molecular weight excluding hydrogens is 139 g/mol. The third kappa shape index (κ3) is 4.01. The summed E-state index contributed by atoms with van der Waals surface area (Å²) in [6.07, 6.45) is 2.68. The van der Waals surface area contributed by atoms with Crippen molar-refractivity contribution in [1.82, 2.24) is 0 Å². The van der Waals surface area contributed by atoms with Crippen LogP contribution in [0.3, 0.4) is 0 Å². The number of rotatable bonds is 3. The van der Waals surface area contributed by atoms with Crippen LogP contribution in [-0.2, 0) is 9.09 Å². The second-order valence-electron chi connectivity index (χ2n) is 1.32. The zero-order valence-electron chi connectivity index (χ0n) is 5.15. The quantitative estimate of drug-likeness (QED) is 0.490. The maximum atomic E-state index is 10.5. The topological polar surface area (TPSA) is 46.5 Å². The molecule has 0 fully saturated rings. The van der Waals surface area contributed by atoms with Gasteiger partial charge in [0.1, 0.15) is 0 Å². The van der Waals surface area contributed by atoms with Crippen molar-refractivity contribution < 1.29 is 14.0 Å². The maximum absolute atomic E-state index is 10.5. The third-order valence-corrected chi connectivity index (χ3v) is 1.46. The van der Waals surface area contributed by atoms with Gasteiger partial charge in [0.05, 0.1) is 6.26 Å². The lowest BCUT2D eigenvalue weighted by molar-refractivity contribution is 0.360. The fourth-order valence-electron chi connectivity index (χ4n) is 0.191. The Labute approximate surface area is 54.2 Å². The van der Waals surface area contributed by atoms with E-state index in [0.29, 0.717) is 0 Å². The molecule has 0 spiro atoms. The number of allylic oxidation sites excluding steroid dienone is 1. The van der Waals surface area contributed by atoms with Gasteiger partial charge in [-0.3, -0.25) is 0 Å². The van der Waals surface area contributed by atoms with Gasteiger partial charge in [-0.1, -0.05) is 12.7 Å². The molecule has 1 N–H and O–H groups in total. The molecule has 52 valence electrons. The first-order valence-electron chi connectivity index (χ1n) is 2.38. The lowest BCUT2D eigenvalue weighted by Gasteiger charge is -2.01. The van der Waals surface area contributed by atoms with Crippen molar-refractivity contribution >= 4 is 7.60 Å². The first kappa shape index (κ1) is 8.47. The molecule has 4 heteroatoms. The molecule has 1 atom stereocenters. The monoisotopic (exact) mass is 148 g/mol. The van der Waals surface area contributed by atoms with Gasteiger partial charge < -0.3 is 9.42 Å². The summed E-state index contributed by atoms with van der Waals surface area (Å²) in [5, 5.41) is 0. The minimum Gasteiger partial charge on any atom is -0.430 e. The molecule has 0 aliphatic heterocycles. The average Bonchev–Trinajstić information content (AvgIpc) is 1.84. The van der Waals surface area contributed by atoms with Gasteiger partial charge >= 0.3 is 7.60 Å². The predicted molar refractivity (Wildman–Crippen MR) is 35.9 cm³/mol. The van der Waals surface area contributed by atoms with Crippen LogP contribution in [0.15, 0.2) is 24.7 Å². The molecule has 3 nitrogen and oxygen atoms in total. The Hall–Kier alpha value is -0.530. The van der Waals surface area contributed by atoms with E-state index in [0.717, 1.165) is 12.1 Å². The molecular formula is C5H9O3P. The van der Waals surface area contributed by atoms with Crippen molar-refractivity contribution in [3.63, 3.8) is 0 Å². The zero-order chi connectivity index (χ0) is 7.33. The van der Waals surface area contributed by atoms with Crippen molar-refractivity contribution in [1.29, 1.82) is 0 Å². The van der Waals surface area contributed by atoms with Gasteiger partial charge in [-0.25, -0.2) is 4.57 Å². The van der Waals surface area contributed by atoms with Crippen LogP contribution in [0.5, 0.6) is 0 Å². The normalized spacial score (nSPS) is 17.1. The molecule has 0 bridgehead atoms. The first-order chi connectivity index (χ1) is 4.12. The fraction of sp³-hybridized carbons (Fsp3) is 0.200. The Morgan fingerprint density at radius 3 is 2.67 bits per heavy atom. The van der Waals surface area contributed by atoms with E-state index in [1.54, 1.807) is 6.92 Å². The highest BCUT2D eigenvalue weighted by Crippen LogP contribution is 2.42. The van der Waals surface area contributed by atoms with E-state index >= 15 is 0 Å². The molecule has 1 unspecified atom stereocenters. The van der Waals surface area contributed by atoms with Crippen LogP contribution in [0.1, 0.15) is 6.92 Å². The summed E-state index contributed by atoms with van der Waals surface area (Å²) in [5.74, 6) is 0.882. The molecule has 0 rings (SSSR count). The Balaban J connectivity index is 3.87. The van der Waals surface area contributed by atoms with E-state index in [1.165, 1.54) is 6.08 Å². The van der Waals surface area contributed by atoms with E-state index in [4.69, 9.17) is 4.89 Å². The van der Waals surface area contributed by atoms with Crippen molar-refractivity contribution in [3.8, 4) is 0 Å². The molecule has 0 heterocycles. The molecule has 9 heavy (non-hydrogen) atoms. The molecule has 0 aromatic rings. The van der Waals surface area contributed by atoms with Crippen LogP contribution in [0.2, 0.25) is 0 Å². The summed E-state index contributed by atoms with van der Waals surface area (Å²) in [5.41, 5.74) is 0. The first-order valence-corrected chi connectivity index (χ1v) is 4.02. The lowest BCUT2D eigenvalue weighted by Crippen LogP contribution is -1.74. The summed E-state index contributed by atoms with van der Waals surface area (Å²) < 4.78 is 14.8. The van der Waals surface area contributed by atoms with Gasteiger partial charge in [0.25, 0.3) is 0 Å². The summed E-state index contributed by atoms with van der Waals surface area (Å²) in [6, 6.07) is 0. The minimum absolute atomic E-state index is 0.882. The van der Waals surface area contributed by atoms with Gasteiger partial charge in [0.15, 0.2) is 0 Å². The van der Waals surface area contributed by atoms with Crippen molar-refractivity contribution in [2.24, 2.45) is 0 Å². The molecule has 0 saturated carbocycles. The van der Waals surface area contributed by atoms with Gasteiger partial charge in [-0.05, 0) is 6.92 Å². The Kier molecular flexibility index (Phi) is 3.28. The standard InChI is InChI=1S/C5H9O3P/c1-3-5-8-9(6,7)4-2/h3-5H,2H2,1H3,(H,6,7). The molecule has 0 aromatic heterocycles. The van der Waals surface area contributed by atoms with Crippen LogP contribution in [-0.4, -0.2) is 4.89 Å². The second kappa shape index (κ2) is 3.49. The smallest absolute Gasteiger partial charge is 0.399 e. The van der Waals surface area contributed by atoms with Crippen molar-refractivity contribution in [2.75, 3.05) is 0 Å². The van der Waals surface area contributed by atoms with E-state index < -0.39 is 7.60 Å². The zero-order valence-corrected chi connectivity index (χ0v) is 6.04. The summed E-state index contributed by atoms with van der Waals surface area (Å²) >= 11 is 0. The maximum Gasteiger partial charge on any atom is 0.399 e. The summed E-state index contributed by atoms with van der Waals surface area (Å²) in [7, 11) is -3.51. The Bertz CT molecular complexity index is 162.